The summed E-state index contributed by atoms with van der Waals surface area (Å²) < 4.78 is 0. The lowest BCUT2D eigenvalue weighted by atomic mass is 10.2. The molecule has 0 spiro atoms. The Morgan fingerprint density at radius 2 is 1.78 bits per heavy atom. The number of carbonyl (C=O) groups is 1. The number of piperazine rings is 1. The second-order valence-electron chi connectivity index (χ2n) is 6.79. The summed E-state index contributed by atoms with van der Waals surface area (Å²) in [6, 6.07) is 10.8. The summed E-state index contributed by atoms with van der Waals surface area (Å²) in [5.74, 6) is 0.746. The zero-order chi connectivity index (χ0) is 16.1. The number of hydrogen-bond donors (Lipinski definition) is 2. The average Bonchev–Trinajstić information content (AvgIpc) is 3.40. The molecule has 1 aromatic rings. The first-order valence-electron chi connectivity index (χ1n) is 8.72. The van der Waals surface area contributed by atoms with E-state index in [1.807, 2.05) is 0 Å². The third-order valence-corrected chi connectivity index (χ3v) is 4.87. The van der Waals surface area contributed by atoms with Crippen LogP contribution in [0.25, 0.3) is 0 Å². The monoisotopic (exact) mass is 316 g/mol. The number of benzene rings is 1. The van der Waals surface area contributed by atoms with Crippen LogP contribution in [0.4, 0.5) is 0 Å². The van der Waals surface area contributed by atoms with Gasteiger partial charge in [-0.2, -0.15) is 0 Å². The third kappa shape index (κ3) is 5.03. The summed E-state index contributed by atoms with van der Waals surface area (Å²) in [6.45, 7) is 6.01. The zero-order valence-corrected chi connectivity index (χ0v) is 13.8. The van der Waals surface area contributed by atoms with Gasteiger partial charge in [-0.1, -0.05) is 30.3 Å². The lowest BCUT2D eigenvalue weighted by Crippen LogP contribution is -2.51. The standard InChI is InChI=1S/C18H28N4O/c19-12-17(16-6-7-16)20-18(23)14-22-10-8-21(9-11-22)13-15-4-2-1-3-5-15/h1-5,16-17H,6-14,19H2,(H,20,23). The number of carbonyl (C=O) groups excluding carboxylic acids is 1. The molecule has 0 radical (unpaired) electrons. The molecule has 5 heteroatoms. The number of amides is 1. The van der Waals surface area contributed by atoms with Crippen molar-refractivity contribution < 1.29 is 4.79 Å². The van der Waals surface area contributed by atoms with Gasteiger partial charge in [0.2, 0.25) is 5.91 Å². The van der Waals surface area contributed by atoms with E-state index in [1.165, 1.54) is 18.4 Å². The Bertz CT molecular complexity index is 495. The molecular weight excluding hydrogens is 288 g/mol. The lowest BCUT2D eigenvalue weighted by molar-refractivity contribution is -0.123. The van der Waals surface area contributed by atoms with Crippen molar-refractivity contribution >= 4 is 5.91 Å². The predicted molar refractivity (Wildman–Crippen MR) is 91.9 cm³/mol. The number of hydrogen-bond acceptors (Lipinski definition) is 4. The zero-order valence-electron chi connectivity index (χ0n) is 13.8. The smallest absolute Gasteiger partial charge is 0.234 e. The second-order valence-corrected chi connectivity index (χ2v) is 6.79. The fourth-order valence-corrected chi connectivity index (χ4v) is 3.27. The minimum atomic E-state index is 0.129. The normalized spacial score (nSPS) is 21.1. The summed E-state index contributed by atoms with van der Waals surface area (Å²) in [6.07, 6.45) is 2.42. The molecule has 1 aliphatic carbocycles. The number of nitrogens with two attached hydrogens (primary N) is 1. The highest BCUT2D eigenvalue weighted by atomic mass is 16.2. The van der Waals surface area contributed by atoms with Crippen molar-refractivity contribution in [2.45, 2.75) is 25.4 Å². The van der Waals surface area contributed by atoms with E-state index in [-0.39, 0.29) is 11.9 Å². The van der Waals surface area contributed by atoms with Gasteiger partial charge >= 0.3 is 0 Å². The van der Waals surface area contributed by atoms with Crippen LogP contribution in [0.3, 0.4) is 0 Å². The van der Waals surface area contributed by atoms with E-state index in [9.17, 15) is 4.79 Å². The number of nitrogens with one attached hydrogen (secondary N) is 1. The molecule has 1 saturated heterocycles. The summed E-state index contributed by atoms with van der Waals surface area (Å²) >= 11 is 0. The van der Waals surface area contributed by atoms with Crippen LogP contribution < -0.4 is 11.1 Å². The number of nitrogens with zero attached hydrogens (tertiary/aromatic N) is 2. The van der Waals surface area contributed by atoms with Gasteiger partial charge in [0.05, 0.1) is 6.54 Å². The van der Waals surface area contributed by atoms with E-state index in [0.717, 1.165) is 32.7 Å². The minimum absolute atomic E-state index is 0.129. The van der Waals surface area contributed by atoms with Crippen molar-refractivity contribution in [3.05, 3.63) is 35.9 Å². The van der Waals surface area contributed by atoms with Crippen LogP contribution in [0.5, 0.6) is 0 Å². The van der Waals surface area contributed by atoms with Gasteiger partial charge in [-0.25, -0.2) is 0 Å². The van der Waals surface area contributed by atoms with Crippen LogP contribution in [-0.2, 0) is 11.3 Å². The molecule has 23 heavy (non-hydrogen) atoms. The van der Waals surface area contributed by atoms with E-state index in [1.54, 1.807) is 0 Å². The van der Waals surface area contributed by atoms with E-state index < -0.39 is 0 Å². The van der Waals surface area contributed by atoms with Gasteiger partial charge in [0, 0.05) is 45.3 Å². The molecule has 1 heterocycles. The van der Waals surface area contributed by atoms with E-state index in [0.29, 0.717) is 19.0 Å². The molecular formula is C18H28N4O. The molecule has 1 aromatic carbocycles. The lowest BCUT2D eigenvalue weighted by Gasteiger charge is -2.34. The molecule has 0 bridgehead atoms. The predicted octanol–water partition coefficient (Wildman–Crippen LogP) is 0.658. The summed E-state index contributed by atoms with van der Waals surface area (Å²) in [5.41, 5.74) is 7.11. The molecule has 1 unspecified atom stereocenters. The van der Waals surface area contributed by atoms with E-state index >= 15 is 0 Å². The molecule has 1 aliphatic heterocycles. The molecule has 1 amide bonds. The molecule has 0 aromatic heterocycles. The maximum atomic E-state index is 12.2. The summed E-state index contributed by atoms with van der Waals surface area (Å²) in [5, 5.41) is 3.11. The van der Waals surface area contributed by atoms with Crippen LogP contribution in [0.15, 0.2) is 30.3 Å². The fourth-order valence-electron chi connectivity index (χ4n) is 3.27. The van der Waals surface area contributed by atoms with Gasteiger partial charge in [-0.05, 0) is 24.3 Å². The molecule has 5 nitrogen and oxygen atoms in total. The maximum Gasteiger partial charge on any atom is 0.234 e. The van der Waals surface area contributed by atoms with Crippen LogP contribution in [0.2, 0.25) is 0 Å². The molecule has 2 fully saturated rings. The molecule has 126 valence electrons. The van der Waals surface area contributed by atoms with Crippen LogP contribution in [0, 0.1) is 5.92 Å². The van der Waals surface area contributed by atoms with Crippen LogP contribution in [0.1, 0.15) is 18.4 Å². The summed E-state index contributed by atoms with van der Waals surface area (Å²) in [7, 11) is 0. The fraction of sp³-hybridized carbons (Fsp3) is 0.611. The van der Waals surface area contributed by atoms with Crippen molar-refractivity contribution in [1.29, 1.82) is 0 Å². The first kappa shape index (κ1) is 16.4. The molecule has 2 aliphatic rings. The Balaban J connectivity index is 1.38. The van der Waals surface area contributed by atoms with Crippen molar-refractivity contribution in [1.82, 2.24) is 15.1 Å². The Hall–Kier alpha value is -1.43. The summed E-state index contributed by atoms with van der Waals surface area (Å²) in [4.78, 5) is 16.9. The first-order chi connectivity index (χ1) is 11.2. The SMILES string of the molecule is NCC(NC(=O)CN1CCN(Cc2ccccc2)CC1)C1CC1. The highest BCUT2D eigenvalue weighted by Gasteiger charge is 2.31. The van der Waals surface area contributed by atoms with Crippen molar-refractivity contribution in [3.63, 3.8) is 0 Å². The van der Waals surface area contributed by atoms with Gasteiger partial charge in [-0.3, -0.25) is 14.6 Å². The van der Waals surface area contributed by atoms with Gasteiger partial charge < -0.3 is 11.1 Å². The van der Waals surface area contributed by atoms with Gasteiger partial charge in [0.1, 0.15) is 0 Å². The largest absolute Gasteiger partial charge is 0.351 e. The van der Waals surface area contributed by atoms with Gasteiger partial charge in [0.15, 0.2) is 0 Å². The van der Waals surface area contributed by atoms with Gasteiger partial charge in [0.25, 0.3) is 0 Å². The van der Waals surface area contributed by atoms with Crippen LogP contribution >= 0.6 is 0 Å². The van der Waals surface area contributed by atoms with E-state index in [4.69, 9.17) is 5.73 Å². The molecule has 3 rings (SSSR count). The Morgan fingerprint density at radius 3 is 2.39 bits per heavy atom. The van der Waals surface area contributed by atoms with Crippen molar-refractivity contribution in [2.75, 3.05) is 39.3 Å². The van der Waals surface area contributed by atoms with Gasteiger partial charge in [-0.15, -0.1) is 0 Å². The topological polar surface area (TPSA) is 61.6 Å². The number of rotatable bonds is 7. The third-order valence-electron chi connectivity index (χ3n) is 4.87. The highest BCUT2D eigenvalue weighted by Crippen LogP contribution is 2.32. The average molecular weight is 316 g/mol. The van der Waals surface area contributed by atoms with Crippen molar-refractivity contribution in [3.8, 4) is 0 Å². The maximum absolute atomic E-state index is 12.2. The van der Waals surface area contributed by atoms with Crippen LogP contribution in [-0.4, -0.2) is 61.0 Å². The molecule has 1 saturated carbocycles. The quantitative estimate of drug-likeness (QED) is 0.776. The first-order valence-corrected chi connectivity index (χ1v) is 8.72. The Labute approximate surface area is 138 Å². The van der Waals surface area contributed by atoms with Crippen molar-refractivity contribution in [2.24, 2.45) is 11.7 Å². The van der Waals surface area contributed by atoms with E-state index in [2.05, 4.69) is 45.4 Å². The Kier molecular flexibility index (Phi) is 5.65. The Morgan fingerprint density at radius 1 is 1.13 bits per heavy atom. The minimum Gasteiger partial charge on any atom is -0.351 e. The second kappa shape index (κ2) is 7.90. The highest BCUT2D eigenvalue weighted by molar-refractivity contribution is 5.78. The molecule has 1 atom stereocenters. The molecule has 3 N–H and O–H groups in total.